The number of primary amides is 1. The predicted octanol–water partition coefficient (Wildman–Crippen LogP) is -1.19. The van der Waals surface area contributed by atoms with Crippen LogP contribution in [-0.4, -0.2) is 35.3 Å². The molecular weight excluding hydrogens is 170 g/mol. The van der Waals surface area contributed by atoms with Crippen LogP contribution in [0.1, 0.15) is 19.8 Å². The third kappa shape index (κ3) is 1.80. The Morgan fingerprint density at radius 2 is 2.23 bits per heavy atom. The van der Waals surface area contributed by atoms with E-state index in [9.17, 15) is 9.59 Å². The van der Waals surface area contributed by atoms with Crippen LogP contribution in [0.5, 0.6) is 0 Å². The Morgan fingerprint density at radius 3 is 2.54 bits per heavy atom. The molecule has 5 heteroatoms. The van der Waals surface area contributed by atoms with E-state index in [-0.39, 0.29) is 5.91 Å². The van der Waals surface area contributed by atoms with Gasteiger partial charge in [-0.15, -0.1) is 0 Å². The third-order valence-electron chi connectivity index (χ3n) is 2.39. The van der Waals surface area contributed by atoms with Gasteiger partial charge in [0, 0.05) is 6.54 Å². The molecule has 1 rings (SSSR count). The van der Waals surface area contributed by atoms with Crippen molar-refractivity contribution in [1.82, 2.24) is 4.90 Å². The lowest BCUT2D eigenvalue weighted by atomic mass is 10.0. The van der Waals surface area contributed by atoms with E-state index < -0.39 is 18.0 Å². The van der Waals surface area contributed by atoms with Crippen LogP contribution in [0.25, 0.3) is 0 Å². The van der Waals surface area contributed by atoms with Crippen molar-refractivity contribution in [3.8, 4) is 0 Å². The standard InChI is InChI=1S/C8H15N3O2/c1-2-5(9)8(13)11-4-3-6(11)7(10)12/h5-6H,2-4,9H2,1H3,(H2,10,12). The third-order valence-corrected chi connectivity index (χ3v) is 2.39. The number of rotatable bonds is 3. The number of amides is 2. The molecule has 4 N–H and O–H groups in total. The zero-order chi connectivity index (χ0) is 10.0. The van der Waals surface area contributed by atoms with Gasteiger partial charge in [0.2, 0.25) is 11.8 Å². The smallest absolute Gasteiger partial charge is 0.240 e. The van der Waals surface area contributed by atoms with E-state index in [1.807, 2.05) is 6.92 Å². The molecule has 1 aliphatic heterocycles. The summed E-state index contributed by atoms with van der Waals surface area (Å²) in [6.45, 7) is 2.43. The van der Waals surface area contributed by atoms with E-state index in [0.717, 1.165) is 0 Å². The molecule has 0 bridgehead atoms. The number of nitrogens with zero attached hydrogens (tertiary/aromatic N) is 1. The van der Waals surface area contributed by atoms with Crippen molar-refractivity contribution in [3.05, 3.63) is 0 Å². The first kappa shape index (κ1) is 9.98. The Balaban J connectivity index is 2.53. The molecule has 1 heterocycles. The zero-order valence-electron chi connectivity index (χ0n) is 7.69. The van der Waals surface area contributed by atoms with Gasteiger partial charge in [-0.05, 0) is 12.8 Å². The van der Waals surface area contributed by atoms with E-state index >= 15 is 0 Å². The number of likely N-dealkylation sites (tertiary alicyclic amines) is 1. The Labute approximate surface area is 77.1 Å². The number of nitrogens with two attached hydrogens (primary N) is 2. The van der Waals surface area contributed by atoms with Crippen molar-refractivity contribution in [1.29, 1.82) is 0 Å². The first-order valence-electron chi connectivity index (χ1n) is 4.43. The van der Waals surface area contributed by atoms with Gasteiger partial charge in [-0.3, -0.25) is 9.59 Å². The molecule has 0 saturated carbocycles. The fourth-order valence-corrected chi connectivity index (χ4v) is 1.33. The summed E-state index contributed by atoms with van der Waals surface area (Å²) >= 11 is 0. The fraction of sp³-hybridized carbons (Fsp3) is 0.750. The molecule has 1 saturated heterocycles. The van der Waals surface area contributed by atoms with Crippen molar-refractivity contribution < 1.29 is 9.59 Å². The number of carbonyl (C=O) groups excluding carboxylic acids is 2. The summed E-state index contributed by atoms with van der Waals surface area (Å²) in [5.41, 5.74) is 10.6. The molecule has 2 atom stereocenters. The quantitative estimate of drug-likeness (QED) is 0.579. The molecular formula is C8H15N3O2. The second-order valence-corrected chi connectivity index (χ2v) is 3.25. The Hall–Kier alpha value is -1.10. The Bertz CT molecular complexity index is 229. The van der Waals surface area contributed by atoms with Crippen molar-refractivity contribution >= 4 is 11.8 Å². The number of hydrogen-bond donors (Lipinski definition) is 2. The van der Waals surface area contributed by atoms with E-state index in [1.165, 1.54) is 4.90 Å². The first-order valence-corrected chi connectivity index (χ1v) is 4.43. The van der Waals surface area contributed by atoms with Crippen molar-refractivity contribution in [2.24, 2.45) is 11.5 Å². The average Bonchev–Trinajstić information content (AvgIpc) is 1.99. The molecule has 0 aromatic rings. The highest BCUT2D eigenvalue weighted by molar-refractivity contribution is 5.90. The summed E-state index contributed by atoms with van der Waals surface area (Å²) in [6, 6.07) is -0.924. The number of hydrogen-bond acceptors (Lipinski definition) is 3. The predicted molar refractivity (Wildman–Crippen MR) is 47.6 cm³/mol. The van der Waals surface area contributed by atoms with Crippen molar-refractivity contribution in [2.45, 2.75) is 31.8 Å². The van der Waals surface area contributed by atoms with Gasteiger partial charge in [0.25, 0.3) is 0 Å². The first-order chi connectivity index (χ1) is 6.07. The van der Waals surface area contributed by atoms with E-state index in [4.69, 9.17) is 11.5 Å². The highest BCUT2D eigenvalue weighted by Crippen LogP contribution is 2.17. The lowest BCUT2D eigenvalue weighted by Crippen LogP contribution is -2.60. The van der Waals surface area contributed by atoms with Gasteiger partial charge in [0.15, 0.2) is 0 Å². The topological polar surface area (TPSA) is 89.4 Å². The highest BCUT2D eigenvalue weighted by atomic mass is 16.2. The van der Waals surface area contributed by atoms with Gasteiger partial charge in [-0.2, -0.15) is 0 Å². The minimum absolute atomic E-state index is 0.169. The summed E-state index contributed by atoms with van der Waals surface area (Å²) in [5, 5.41) is 0. The molecule has 5 nitrogen and oxygen atoms in total. The van der Waals surface area contributed by atoms with E-state index in [2.05, 4.69) is 0 Å². The number of carbonyl (C=O) groups is 2. The van der Waals surface area contributed by atoms with Gasteiger partial charge in [-0.25, -0.2) is 0 Å². The van der Waals surface area contributed by atoms with Gasteiger partial charge in [0.1, 0.15) is 6.04 Å². The molecule has 0 aromatic carbocycles. The van der Waals surface area contributed by atoms with Crippen LogP contribution in [0, 0.1) is 0 Å². The summed E-state index contributed by atoms with van der Waals surface area (Å²) < 4.78 is 0. The fourth-order valence-electron chi connectivity index (χ4n) is 1.33. The molecule has 74 valence electrons. The molecule has 0 radical (unpaired) electrons. The van der Waals surface area contributed by atoms with Crippen LogP contribution in [0.4, 0.5) is 0 Å². The Kier molecular flexibility index (Phi) is 2.87. The van der Waals surface area contributed by atoms with Crippen molar-refractivity contribution in [3.63, 3.8) is 0 Å². The lowest BCUT2D eigenvalue weighted by Gasteiger charge is -2.40. The van der Waals surface area contributed by atoms with Crippen LogP contribution >= 0.6 is 0 Å². The van der Waals surface area contributed by atoms with E-state index in [1.54, 1.807) is 0 Å². The Morgan fingerprint density at radius 1 is 1.62 bits per heavy atom. The van der Waals surface area contributed by atoms with Gasteiger partial charge in [0.05, 0.1) is 6.04 Å². The molecule has 0 aliphatic carbocycles. The van der Waals surface area contributed by atoms with Crippen LogP contribution in [0.2, 0.25) is 0 Å². The monoisotopic (exact) mass is 185 g/mol. The normalized spacial score (nSPS) is 23.5. The summed E-state index contributed by atoms with van der Waals surface area (Å²) in [5.74, 6) is -0.611. The summed E-state index contributed by atoms with van der Waals surface area (Å²) in [6.07, 6.45) is 1.25. The van der Waals surface area contributed by atoms with Crippen LogP contribution in [0.3, 0.4) is 0 Å². The maximum atomic E-state index is 11.5. The molecule has 2 unspecified atom stereocenters. The largest absolute Gasteiger partial charge is 0.368 e. The summed E-state index contributed by atoms with van der Waals surface area (Å²) in [7, 11) is 0. The van der Waals surface area contributed by atoms with E-state index in [0.29, 0.717) is 19.4 Å². The maximum Gasteiger partial charge on any atom is 0.240 e. The molecule has 13 heavy (non-hydrogen) atoms. The van der Waals surface area contributed by atoms with Crippen LogP contribution in [-0.2, 0) is 9.59 Å². The van der Waals surface area contributed by atoms with Crippen LogP contribution < -0.4 is 11.5 Å². The second kappa shape index (κ2) is 3.74. The lowest BCUT2D eigenvalue weighted by molar-refractivity contribution is -0.147. The average molecular weight is 185 g/mol. The second-order valence-electron chi connectivity index (χ2n) is 3.25. The summed E-state index contributed by atoms with van der Waals surface area (Å²) in [4.78, 5) is 23.7. The van der Waals surface area contributed by atoms with Crippen LogP contribution in [0.15, 0.2) is 0 Å². The highest BCUT2D eigenvalue weighted by Gasteiger charge is 2.37. The molecule has 0 aromatic heterocycles. The molecule has 1 fully saturated rings. The molecule has 0 spiro atoms. The zero-order valence-corrected chi connectivity index (χ0v) is 7.69. The van der Waals surface area contributed by atoms with Crippen molar-refractivity contribution in [2.75, 3.05) is 6.54 Å². The molecule has 2 amide bonds. The maximum absolute atomic E-state index is 11.5. The van der Waals surface area contributed by atoms with Gasteiger partial charge < -0.3 is 16.4 Å². The SMILES string of the molecule is CCC(N)C(=O)N1CCC1C(N)=O. The minimum Gasteiger partial charge on any atom is -0.368 e. The van der Waals surface area contributed by atoms with Gasteiger partial charge in [-0.1, -0.05) is 6.92 Å². The van der Waals surface area contributed by atoms with Gasteiger partial charge >= 0.3 is 0 Å². The molecule has 1 aliphatic rings. The minimum atomic E-state index is -0.498.